The number of carbonyl (C=O) groups excluding carboxylic acids is 2. The van der Waals surface area contributed by atoms with Crippen LogP contribution in [0.25, 0.3) is 0 Å². The average Bonchev–Trinajstić information content (AvgIpc) is 2.43. The van der Waals surface area contributed by atoms with Gasteiger partial charge in [0.1, 0.15) is 0 Å². The normalized spacial score (nSPS) is 11.9. The zero-order chi connectivity index (χ0) is 15.0. The Balaban J connectivity index is 2.49. The van der Waals surface area contributed by atoms with E-state index >= 15 is 0 Å². The van der Waals surface area contributed by atoms with Gasteiger partial charge in [0.15, 0.2) is 5.78 Å². The number of hydrogen-bond donors (Lipinski definition) is 2. The first kappa shape index (κ1) is 16.4. The molecule has 0 aliphatic rings. The Labute approximate surface area is 120 Å². The molecule has 0 aliphatic heterocycles. The summed E-state index contributed by atoms with van der Waals surface area (Å²) in [7, 11) is 0. The quantitative estimate of drug-likeness (QED) is 0.717. The van der Waals surface area contributed by atoms with Crippen LogP contribution in [0.2, 0.25) is 0 Å². The van der Waals surface area contributed by atoms with Gasteiger partial charge >= 0.3 is 0 Å². The molecule has 3 N–H and O–H groups in total. The third-order valence-corrected chi connectivity index (χ3v) is 3.48. The summed E-state index contributed by atoms with van der Waals surface area (Å²) >= 11 is 0. The number of hydrogen-bond acceptors (Lipinski definition) is 3. The average molecular weight is 276 g/mol. The molecule has 1 rings (SSSR count). The van der Waals surface area contributed by atoms with Crippen LogP contribution in [0.3, 0.4) is 0 Å². The number of anilines is 1. The number of benzene rings is 1. The zero-order valence-corrected chi connectivity index (χ0v) is 12.3. The van der Waals surface area contributed by atoms with Gasteiger partial charge in [-0.25, -0.2) is 0 Å². The molecule has 1 amide bonds. The van der Waals surface area contributed by atoms with E-state index in [1.54, 1.807) is 24.3 Å². The molecular weight excluding hydrogens is 252 g/mol. The van der Waals surface area contributed by atoms with Gasteiger partial charge in [0.2, 0.25) is 5.91 Å². The minimum Gasteiger partial charge on any atom is -0.330 e. The Bertz CT molecular complexity index is 458. The molecule has 110 valence electrons. The lowest BCUT2D eigenvalue weighted by atomic mass is 9.96. The highest BCUT2D eigenvalue weighted by Gasteiger charge is 2.09. The number of carbonyl (C=O) groups is 2. The van der Waals surface area contributed by atoms with E-state index in [0.717, 1.165) is 19.3 Å². The molecule has 4 nitrogen and oxygen atoms in total. The van der Waals surface area contributed by atoms with E-state index in [1.807, 2.05) is 0 Å². The first-order valence-electron chi connectivity index (χ1n) is 7.17. The fourth-order valence-corrected chi connectivity index (χ4v) is 2.16. The van der Waals surface area contributed by atoms with Crippen LogP contribution in [-0.4, -0.2) is 18.2 Å². The molecule has 4 heteroatoms. The fourth-order valence-electron chi connectivity index (χ4n) is 2.16. The Morgan fingerprint density at radius 3 is 2.65 bits per heavy atom. The monoisotopic (exact) mass is 276 g/mol. The van der Waals surface area contributed by atoms with E-state index in [9.17, 15) is 9.59 Å². The zero-order valence-electron chi connectivity index (χ0n) is 12.3. The van der Waals surface area contributed by atoms with Crippen LogP contribution >= 0.6 is 0 Å². The van der Waals surface area contributed by atoms with Gasteiger partial charge in [0.25, 0.3) is 0 Å². The Kier molecular flexibility index (Phi) is 6.94. The standard InChI is InChI=1S/C16H24N2O2/c1-3-13(9-10-17)7-8-16(20)18-15-6-4-5-14(11-15)12(2)19/h4-6,11,13H,3,7-10,17H2,1-2H3,(H,18,20). The van der Waals surface area contributed by atoms with Crippen LogP contribution < -0.4 is 11.1 Å². The Morgan fingerprint density at radius 2 is 2.05 bits per heavy atom. The van der Waals surface area contributed by atoms with Crippen LogP contribution in [0.5, 0.6) is 0 Å². The van der Waals surface area contributed by atoms with Crippen LogP contribution in [-0.2, 0) is 4.79 Å². The number of nitrogens with two attached hydrogens (primary N) is 1. The number of nitrogens with one attached hydrogen (secondary N) is 1. The maximum absolute atomic E-state index is 11.9. The molecule has 0 saturated carbocycles. The largest absolute Gasteiger partial charge is 0.330 e. The molecule has 1 aromatic carbocycles. The van der Waals surface area contributed by atoms with E-state index in [2.05, 4.69) is 12.2 Å². The Hall–Kier alpha value is -1.68. The highest BCUT2D eigenvalue weighted by Crippen LogP contribution is 2.16. The van der Waals surface area contributed by atoms with Crippen molar-refractivity contribution in [2.24, 2.45) is 11.7 Å². The van der Waals surface area contributed by atoms with Crippen molar-refractivity contribution in [1.82, 2.24) is 0 Å². The van der Waals surface area contributed by atoms with Crippen LogP contribution in [0, 0.1) is 5.92 Å². The summed E-state index contributed by atoms with van der Waals surface area (Å²) in [5.74, 6) is 0.491. The second-order valence-corrected chi connectivity index (χ2v) is 5.08. The van der Waals surface area contributed by atoms with Crippen molar-refractivity contribution in [3.05, 3.63) is 29.8 Å². The molecule has 1 atom stereocenters. The van der Waals surface area contributed by atoms with Crippen molar-refractivity contribution in [3.8, 4) is 0 Å². The number of amides is 1. The SMILES string of the molecule is CCC(CCN)CCC(=O)Nc1cccc(C(C)=O)c1. The molecule has 20 heavy (non-hydrogen) atoms. The topological polar surface area (TPSA) is 72.2 Å². The third kappa shape index (κ3) is 5.53. The van der Waals surface area contributed by atoms with Crippen molar-refractivity contribution in [2.75, 3.05) is 11.9 Å². The van der Waals surface area contributed by atoms with E-state index in [1.165, 1.54) is 6.92 Å². The summed E-state index contributed by atoms with van der Waals surface area (Å²) in [4.78, 5) is 23.2. The van der Waals surface area contributed by atoms with Crippen molar-refractivity contribution in [3.63, 3.8) is 0 Å². The lowest BCUT2D eigenvalue weighted by Crippen LogP contribution is -2.15. The van der Waals surface area contributed by atoms with Gasteiger partial charge in [-0.05, 0) is 44.4 Å². The molecule has 0 spiro atoms. The lowest BCUT2D eigenvalue weighted by molar-refractivity contribution is -0.116. The summed E-state index contributed by atoms with van der Waals surface area (Å²) < 4.78 is 0. The predicted molar refractivity (Wildman–Crippen MR) is 81.8 cm³/mol. The second kappa shape index (κ2) is 8.48. The fraction of sp³-hybridized carbons (Fsp3) is 0.500. The molecule has 0 saturated heterocycles. The Morgan fingerprint density at radius 1 is 1.30 bits per heavy atom. The minimum absolute atomic E-state index is 0.00454. The van der Waals surface area contributed by atoms with Crippen molar-refractivity contribution < 1.29 is 9.59 Å². The van der Waals surface area contributed by atoms with Crippen LogP contribution in [0.4, 0.5) is 5.69 Å². The number of ketones is 1. The molecule has 0 aromatic heterocycles. The molecule has 0 radical (unpaired) electrons. The lowest BCUT2D eigenvalue weighted by Gasteiger charge is -2.13. The summed E-state index contributed by atoms with van der Waals surface area (Å²) in [5, 5.41) is 2.84. The highest BCUT2D eigenvalue weighted by molar-refractivity contribution is 5.97. The van der Waals surface area contributed by atoms with E-state index in [0.29, 0.717) is 30.1 Å². The van der Waals surface area contributed by atoms with Gasteiger partial charge in [-0.2, -0.15) is 0 Å². The van der Waals surface area contributed by atoms with Gasteiger partial charge in [0.05, 0.1) is 0 Å². The number of rotatable bonds is 8. The maximum atomic E-state index is 11.9. The molecular formula is C16H24N2O2. The van der Waals surface area contributed by atoms with Gasteiger partial charge < -0.3 is 11.1 Å². The van der Waals surface area contributed by atoms with E-state index < -0.39 is 0 Å². The second-order valence-electron chi connectivity index (χ2n) is 5.08. The van der Waals surface area contributed by atoms with Gasteiger partial charge in [-0.15, -0.1) is 0 Å². The smallest absolute Gasteiger partial charge is 0.224 e. The third-order valence-electron chi connectivity index (χ3n) is 3.48. The van der Waals surface area contributed by atoms with Crippen LogP contribution in [0.1, 0.15) is 49.9 Å². The molecule has 1 unspecified atom stereocenters. The number of Topliss-reactive ketones (excluding diaryl/α,β-unsaturated/α-hetero) is 1. The van der Waals surface area contributed by atoms with E-state index in [-0.39, 0.29) is 11.7 Å². The van der Waals surface area contributed by atoms with Gasteiger partial charge in [-0.3, -0.25) is 9.59 Å². The summed E-state index contributed by atoms with van der Waals surface area (Å²) in [5.41, 5.74) is 6.83. The van der Waals surface area contributed by atoms with Gasteiger partial charge in [-0.1, -0.05) is 25.5 Å². The molecule has 0 fully saturated rings. The minimum atomic E-state index is -0.0128. The predicted octanol–water partition coefficient (Wildman–Crippen LogP) is 2.98. The maximum Gasteiger partial charge on any atom is 0.224 e. The molecule has 0 heterocycles. The summed E-state index contributed by atoms with van der Waals surface area (Å²) in [6.45, 7) is 4.30. The summed E-state index contributed by atoms with van der Waals surface area (Å²) in [6, 6.07) is 7.01. The molecule has 0 bridgehead atoms. The van der Waals surface area contributed by atoms with Gasteiger partial charge in [0, 0.05) is 17.7 Å². The first-order chi connectivity index (χ1) is 9.56. The van der Waals surface area contributed by atoms with E-state index in [4.69, 9.17) is 5.73 Å². The van der Waals surface area contributed by atoms with Crippen molar-refractivity contribution in [2.45, 2.75) is 39.5 Å². The molecule has 1 aromatic rings. The summed E-state index contributed by atoms with van der Waals surface area (Å²) in [6.07, 6.45) is 3.35. The van der Waals surface area contributed by atoms with Crippen molar-refractivity contribution in [1.29, 1.82) is 0 Å². The highest BCUT2D eigenvalue weighted by atomic mass is 16.1. The van der Waals surface area contributed by atoms with Crippen LogP contribution in [0.15, 0.2) is 24.3 Å². The molecule has 0 aliphatic carbocycles. The van der Waals surface area contributed by atoms with Crippen molar-refractivity contribution >= 4 is 17.4 Å². The first-order valence-corrected chi connectivity index (χ1v) is 7.17.